The van der Waals surface area contributed by atoms with Crippen LogP contribution in [0.25, 0.3) is 0 Å². The smallest absolute Gasteiger partial charge is 0.195 e. The van der Waals surface area contributed by atoms with E-state index in [0.29, 0.717) is 11.8 Å². The molecule has 2 aliphatic carbocycles. The Morgan fingerprint density at radius 1 is 0.824 bits per heavy atom. The fourth-order valence-corrected chi connectivity index (χ4v) is 5.71. The van der Waals surface area contributed by atoms with Gasteiger partial charge in [-0.25, -0.2) is 0 Å². The van der Waals surface area contributed by atoms with Crippen molar-refractivity contribution in [2.45, 2.75) is 103 Å². The summed E-state index contributed by atoms with van der Waals surface area (Å²) in [6, 6.07) is 11.1. The summed E-state index contributed by atoms with van der Waals surface area (Å²) >= 11 is 0. The highest BCUT2D eigenvalue weighted by atomic mass is 19.1. The predicted octanol–water partition coefficient (Wildman–Crippen LogP) is 9.77. The Morgan fingerprint density at radius 3 is 1.97 bits per heavy atom. The maximum Gasteiger partial charge on any atom is 0.199 e. The summed E-state index contributed by atoms with van der Waals surface area (Å²) in [7, 11) is 0. The van der Waals surface area contributed by atoms with Crippen LogP contribution in [0.15, 0.2) is 60.5 Å². The Morgan fingerprint density at radius 2 is 1.38 bits per heavy atom. The van der Waals surface area contributed by atoms with E-state index in [1.807, 2.05) is 0 Å². The zero-order chi connectivity index (χ0) is 24.0. The Hall–Kier alpha value is -2.14. The summed E-state index contributed by atoms with van der Waals surface area (Å²) in [5, 5.41) is 8.47. The predicted molar refractivity (Wildman–Crippen MR) is 142 cm³/mol. The molecule has 0 radical (unpaired) electrons. The van der Waals surface area contributed by atoms with E-state index < -0.39 is 5.83 Å². The van der Waals surface area contributed by atoms with Crippen LogP contribution in [0.5, 0.6) is 0 Å². The maximum atomic E-state index is 12.9. The van der Waals surface area contributed by atoms with E-state index >= 15 is 0 Å². The second kappa shape index (κ2) is 15.0. The van der Waals surface area contributed by atoms with Gasteiger partial charge in [0, 0.05) is 0 Å². The average molecular weight is 462 g/mol. The number of allylic oxidation sites excluding steroid dienone is 6. The van der Waals surface area contributed by atoms with E-state index in [1.54, 1.807) is 11.6 Å². The molecule has 34 heavy (non-hydrogen) atoms. The van der Waals surface area contributed by atoms with Crippen molar-refractivity contribution in [1.29, 1.82) is 5.26 Å². The molecule has 2 fully saturated rings. The molecule has 2 aliphatic rings. The molecule has 0 atom stereocenters. The number of nitriles is 1. The molecule has 0 unspecified atom stereocenters. The van der Waals surface area contributed by atoms with Crippen LogP contribution >= 0.6 is 0 Å². The van der Waals surface area contributed by atoms with Crippen molar-refractivity contribution < 1.29 is 4.39 Å². The highest BCUT2D eigenvalue weighted by molar-refractivity contribution is 5.26. The Kier molecular flexibility index (Phi) is 11.7. The molecule has 0 N–H and O–H groups in total. The first-order valence-corrected chi connectivity index (χ1v) is 13.9. The first kappa shape index (κ1) is 26.5. The van der Waals surface area contributed by atoms with Gasteiger partial charge in [0.25, 0.3) is 0 Å². The van der Waals surface area contributed by atoms with Gasteiger partial charge in [-0.2, -0.15) is 9.65 Å². The first-order valence-electron chi connectivity index (χ1n) is 13.9. The maximum absolute atomic E-state index is 12.9. The van der Waals surface area contributed by atoms with Gasteiger partial charge in [0.15, 0.2) is 5.83 Å². The third-order valence-corrected chi connectivity index (χ3v) is 8.00. The molecule has 1 aromatic rings. The molecule has 0 heterocycles. The largest absolute Gasteiger partial charge is 0.199 e. The Labute approximate surface area is 207 Å². The van der Waals surface area contributed by atoms with Crippen LogP contribution in [0.4, 0.5) is 4.39 Å². The zero-order valence-electron chi connectivity index (χ0n) is 21.2. The van der Waals surface area contributed by atoms with Crippen LogP contribution in [0.2, 0.25) is 0 Å². The molecule has 0 bridgehead atoms. The van der Waals surface area contributed by atoms with Gasteiger partial charge in [-0.3, -0.25) is 0 Å². The molecule has 184 valence electrons. The molecule has 1 nitrogen and oxygen atoms in total. The van der Waals surface area contributed by atoms with Crippen molar-refractivity contribution >= 4 is 0 Å². The summed E-state index contributed by atoms with van der Waals surface area (Å²) in [6.45, 7) is 2.28. The molecule has 1 aromatic carbocycles. The van der Waals surface area contributed by atoms with E-state index in [4.69, 9.17) is 5.26 Å². The highest BCUT2D eigenvalue weighted by Gasteiger charge is 2.22. The number of aryl methyl sites for hydroxylation is 1. The van der Waals surface area contributed by atoms with Gasteiger partial charge in [0.2, 0.25) is 0 Å². The third-order valence-electron chi connectivity index (χ3n) is 8.00. The van der Waals surface area contributed by atoms with Crippen LogP contribution in [0, 0.1) is 29.1 Å². The van der Waals surface area contributed by atoms with Crippen molar-refractivity contribution in [3.05, 3.63) is 71.6 Å². The fourth-order valence-electron chi connectivity index (χ4n) is 5.71. The van der Waals surface area contributed by atoms with Crippen molar-refractivity contribution in [3.8, 4) is 6.07 Å². The highest BCUT2D eigenvalue weighted by Crippen LogP contribution is 2.37. The van der Waals surface area contributed by atoms with E-state index in [-0.39, 0.29) is 0 Å². The van der Waals surface area contributed by atoms with Crippen molar-refractivity contribution in [3.63, 3.8) is 0 Å². The van der Waals surface area contributed by atoms with Crippen LogP contribution in [-0.2, 0) is 6.42 Å². The lowest BCUT2D eigenvalue weighted by molar-refractivity contribution is 0.348. The Bertz CT molecular complexity index is 825. The summed E-state index contributed by atoms with van der Waals surface area (Å²) in [5.74, 6) is 1.99. The summed E-state index contributed by atoms with van der Waals surface area (Å²) < 4.78 is 12.9. The minimum absolute atomic E-state index is 0.523. The average Bonchev–Trinajstić information content (AvgIpc) is 2.88. The molecule has 3 rings (SSSR count). The van der Waals surface area contributed by atoms with Crippen LogP contribution in [0.3, 0.4) is 0 Å². The monoisotopic (exact) mass is 461 g/mol. The van der Waals surface area contributed by atoms with E-state index in [2.05, 4.69) is 49.4 Å². The minimum Gasteiger partial charge on any atom is -0.195 e. The minimum atomic E-state index is -0.715. The molecule has 2 saturated carbocycles. The number of nitrogens with zero attached hydrogens (tertiary/aromatic N) is 1. The van der Waals surface area contributed by atoms with Gasteiger partial charge >= 0.3 is 0 Å². The van der Waals surface area contributed by atoms with Gasteiger partial charge < -0.3 is 0 Å². The van der Waals surface area contributed by atoms with Crippen molar-refractivity contribution in [1.82, 2.24) is 0 Å². The zero-order valence-corrected chi connectivity index (χ0v) is 21.2. The number of halogens is 1. The lowest BCUT2D eigenvalue weighted by atomic mass is 9.77. The lowest BCUT2D eigenvalue weighted by Gasteiger charge is -2.28. The van der Waals surface area contributed by atoms with Gasteiger partial charge in [-0.15, -0.1) is 0 Å². The summed E-state index contributed by atoms with van der Waals surface area (Å²) in [6.07, 6.45) is 28.1. The van der Waals surface area contributed by atoms with Crippen molar-refractivity contribution in [2.24, 2.45) is 17.8 Å². The molecule has 0 spiro atoms. The number of hydrogen-bond acceptors (Lipinski definition) is 1. The number of hydrogen-bond donors (Lipinski definition) is 0. The molecular formula is C32H44FN. The quantitative estimate of drug-likeness (QED) is 0.139. The second-order valence-corrected chi connectivity index (χ2v) is 10.6. The molecule has 0 saturated heterocycles. The van der Waals surface area contributed by atoms with Crippen LogP contribution in [-0.4, -0.2) is 0 Å². The van der Waals surface area contributed by atoms with Crippen LogP contribution < -0.4 is 0 Å². The molecule has 0 aliphatic heterocycles. The van der Waals surface area contributed by atoms with E-state index in [9.17, 15) is 4.39 Å². The fraction of sp³-hybridized carbons (Fsp3) is 0.594. The van der Waals surface area contributed by atoms with Crippen LogP contribution in [0.1, 0.15) is 107 Å². The van der Waals surface area contributed by atoms with Gasteiger partial charge in [-0.05, 0) is 105 Å². The van der Waals surface area contributed by atoms with E-state index in [1.165, 1.54) is 94.8 Å². The summed E-state index contributed by atoms with van der Waals surface area (Å²) in [4.78, 5) is 0. The number of unbranched alkanes of at least 4 members (excludes halogenated alkanes) is 4. The normalized spacial score (nSPS) is 26.2. The molecular weight excluding hydrogens is 417 g/mol. The van der Waals surface area contributed by atoms with Gasteiger partial charge in [0.05, 0.1) is 0 Å². The molecule has 0 aromatic heterocycles. The summed E-state index contributed by atoms with van der Waals surface area (Å²) in [5.41, 5.74) is 3.06. The molecule has 0 amide bonds. The molecule has 2 heteroatoms. The second-order valence-electron chi connectivity index (χ2n) is 10.6. The lowest BCUT2D eigenvalue weighted by Crippen LogP contribution is -2.14. The number of benzene rings is 1. The van der Waals surface area contributed by atoms with Gasteiger partial charge in [0.1, 0.15) is 6.07 Å². The third kappa shape index (κ3) is 9.25. The number of rotatable bonds is 11. The van der Waals surface area contributed by atoms with Gasteiger partial charge in [-0.1, -0.05) is 81.2 Å². The van der Waals surface area contributed by atoms with E-state index in [0.717, 1.165) is 24.7 Å². The standard InChI is InChI=1S/C32H44FN/c1-2-3-4-5-6-8-26-17-21-30(22-18-26)31-23-19-29(20-24-31)16-15-28-13-11-27(12-14-28)9-7-10-32(33)25-34/h7,9-10,15-18,21-22,27-29,31H,2-6,8,11-14,19-20,23-24H2,1H3/b9-7?,16-15+,32-10?. The first-order chi connectivity index (χ1) is 16.7. The topological polar surface area (TPSA) is 23.8 Å². The SMILES string of the molecule is CCCCCCCc1ccc(C2CCC(/C=C/C3CCC(C=CC=C(F)C#N)CC3)CC2)cc1. The Balaban J connectivity index is 1.34. The van der Waals surface area contributed by atoms with Crippen molar-refractivity contribution in [2.75, 3.05) is 0 Å².